The zero-order chi connectivity index (χ0) is 24.7. The van der Waals surface area contributed by atoms with Crippen molar-refractivity contribution in [2.24, 2.45) is 0 Å². The van der Waals surface area contributed by atoms with Gasteiger partial charge in [-0.1, -0.05) is 6.07 Å². The van der Waals surface area contributed by atoms with Crippen LogP contribution in [0.3, 0.4) is 0 Å². The zero-order valence-corrected chi connectivity index (χ0v) is 21.4. The Morgan fingerprint density at radius 1 is 1.20 bits per heavy atom. The summed E-state index contributed by atoms with van der Waals surface area (Å²) in [6, 6.07) is 14.8. The first-order valence-corrected chi connectivity index (χ1v) is 12.4. The topological polar surface area (TPSA) is 71.4 Å². The van der Waals surface area contributed by atoms with Gasteiger partial charge < -0.3 is 24.8 Å². The first-order chi connectivity index (χ1) is 16.9. The summed E-state index contributed by atoms with van der Waals surface area (Å²) in [5.41, 5.74) is 7.48. The maximum Gasteiger partial charge on any atom is 0.250 e. The summed E-state index contributed by atoms with van der Waals surface area (Å²) in [7, 11) is 1.51. The minimum Gasteiger partial charge on any atom is -0.375 e. The van der Waals surface area contributed by atoms with Gasteiger partial charge in [-0.25, -0.2) is 0 Å². The van der Waals surface area contributed by atoms with Gasteiger partial charge in [-0.3, -0.25) is 9.78 Å². The molecular weight excluding hydrogens is 458 g/mol. The summed E-state index contributed by atoms with van der Waals surface area (Å²) in [6.07, 6.45) is 4.30. The number of thiocarbonyl (C=S) groups is 1. The highest BCUT2D eigenvalue weighted by Crippen LogP contribution is 2.46. The number of aromatic nitrogens is 2. The molecule has 3 heterocycles. The quantitative estimate of drug-likeness (QED) is 0.460. The maximum atomic E-state index is 12.0. The average molecular weight is 490 g/mol. The lowest BCUT2D eigenvalue weighted by molar-refractivity contribution is -0.119. The molecule has 182 valence electrons. The van der Waals surface area contributed by atoms with Crippen molar-refractivity contribution in [1.82, 2.24) is 14.9 Å². The minimum atomic E-state index is -0.178. The molecule has 1 aliphatic carbocycles. The van der Waals surface area contributed by atoms with Crippen molar-refractivity contribution < 1.29 is 9.53 Å². The lowest BCUT2D eigenvalue weighted by Crippen LogP contribution is -2.29. The Balaban J connectivity index is 1.57. The highest BCUT2D eigenvalue weighted by molar-refractivity contribution is 7.80. The van der Waals surface area contributed by atoms with Crippen LogP contribution >= 0.6 is 12.2 Å². The Morgan fingerprint density at radius 2 is 2.00 bits per heavy atom. The first kappa shape index (κ1) is 23.5. The molecule has 5 rings (SSSR count). The average Bonchev–Trinajstić information content (AvgIpc) is 3.54. The number of methoxy groups -OCH3 is 1. The standard InChI is InChI=1S/C27H31N5O2S/c1-16-13-20(10-11-22(16)29-24(33)15-34-4)32-26(21-14-17(2)31(18(21)3)19-8-9-19)25(30-27(32)35)23-7-5-6-12-28-23/h5-7,10-14,19,25-26H,8-9,15H2,1-4H3,(H,29,33)(H,30,35)/t25-,26+/m1/s1. The molecule has 0 bridgehead atoms. The molecular formula is C27H31N5O2S. The molecule has 2 aliphatic rings. The summed E-state index contributed by atoms with van der Waals surface area (Å²) in [5.74, 6) is -0.178. The molecule has 0 unspecified atom stereocenters. The van der Waals surface area contributed by atoms with Crippen LogP contribution in [0.1, 0.15) is 59.2 Å². The van der Waals surface area contributed by atoms with E-state index < -0.39 is 0 Å². The molecule has 7 nitrogen and oxygen atoms in total. The Kier molecular flexibility index (Phi) is 6.34. The van der Waals surface area contributed by atoms with Gasteiger partial charge in [-0.05, 0) is 93.4 Å². The van der Waals surface area contributed by atoms with Crippen LogP contribution in [-0.2, 0) is 9.53 Å². The van der Waals surface area contributed by atoms with Crippen molar-refractivity contribution in [2.75, 3.05) is 23.9 Å². The summed E-state index contributed by atoms with van der Waals surface area (Å²) < 4.78 is 7.42. The number of pyridine rings is 1. The molecule has 3 aromatic rings. The fraction of sp³-hybridized carbons (Fsp3) is 0.370. The number of nitrogens with zero attached hydrogens (tertiary/aromatic N) is 3. The Bertz CT molecular complexity index is 1270. The van der Waals surface area contributed by atoms with Crippen LogP contribution in [0.5, 0.6) is 0 Å². The molecule has 1 aliphatic heterocycles. The van der Waals surface area contributed by atoms with Crippen molar-refractivity contribution in [3.8, 4) is 0 Å². The number of hydrogen-bond donors (Lipinski definition) is 2. The Morgan fingerprint density at radius 3 is 2.66 bits per heavy atom. The second-order valence-corrected chi connectivity index (χ2v) is 9.79. The molecule has 1 saturated heterocycles. The second kappa shape index (κ2) is 9.43. The van der Waals surface area contributed by atoms with Gasteiger partial charge in [0.05, 0.1) is 17.8 Å². The van der Waals surface area contributed by atoms with Gasteiger partial charge in [0, 0.05) is 42.1 Å². The minimum absolute atomic E-state index is 0.0196. The number of ether oxygens (including phenoxy) is 1. The fourth-order valence-electron chi connectivity index (χ4n) is 5.20. The van der Waals surface area contributed by atoms with E-state index >= 15 is 0 Å². The van der Waals surface area contributed by atoms with E-state index in [1.54, 1.807) is 0 Å². The molecule has 1 aromatic carbocycles. The summed E-state index contributed by atoms with van der Waals surface area (Å²) >= 11 is 5.90. The number of carbonyl (C=O) groups is 1. The highest BCUT2D eigenvalue weighted by atomic mass is 32.1. The molecule has 8 heteroatoms. The van der Waals surface area contributed by atoms with Gasteiger partial charge in [-0.15, -0.1) is 0 Å². The second-order valence-electron chi connectivity index (χ2n) is 9.40. The molecule has 0 spiro atoms. The maximum absolute atomic E-state index is 12.0. The third-order valence-corrected chi connectivity index (χ3v) is 7.20. The monoisotopic (exact) mass is 489 g/mol. The van der Waals surface area contributed by atoms with E-state index in [1.807, 2.05) is 37.4 Å². The predicted molar refractivity (Wildman–Crippen MR) is 142 cm³/mol. The van der Waals surface area contributed by atoms with Crippen LogP contribution in [0.4, 0.5) is 11.4 Å². The molecule has 2 N–H and O–H groups in total. The summed E-state index contributed by atoms with van der Waals surface area (Å²) in [4.78, 5) is 18.9. The number of rotatable bonds is 7. The van der Waals surface area contributed by atoms with E-state index in [9.17, 15) is 4.79 Å². The first-order valence-electron chi connectivity index (χ1n) is 12.0. The summed E-state index contributed by atoms with van der Waals surface area (Å²) in [5, 5.41) is 7.13. The molecule has 2 aromatic heterocycles. The summed E-state index contributed by atoms with van der Waals surface area (Å²) in [6.45, 7) is 6.42. The van der Waals surface area contributed by atoms with Crippen molar-refractivity contribution in [3.05, 3.63) is 76.9 Å². The van der Waals surface area contributed by atoms with Gasteiger partial charge in [0.25, 0.3) is 0 Å². The van der Waals surface area contributed by atoms with Gasteiger partial charge in [0.2, 0.25) is 5.91 Å². The molecule has 0 radical (unpaired) electrons. The molecule has 2 atom stereocenters. The molecule has 1 saturated carbocycles. The zero-order valence-electron chi connectivity index (χ0n) is 20.5. The van der Waals surface area contributed by atoms with Crippen LogP contribution in [0.2, 0.25) is 0 Å². The van der Waals surface area contributed by atoms with Crippen LogP contribution in [0, 0.1) is 20.8 Å². The number of amides is 1. The van der Waals surface area contributed by atoms with Gasteiger partial charge >= 0.3 is 0 Å². The smallest absolute Gasteiger partial charge is 0.250 e. The van der Waals surface area contributed by atoms with Crippen LogP contribution in [0.25, 0.3) is 0 Å². The SMILES string of the molecule is COCC(=O)Nc1ccc(N2C(=S)N[C@H](c3ccccn3)[C@@H]2c2cc(C)n(C3CC3)c2C)cc1C. The lowest BCUT2D eigenvalue weighted by Gasteiger charge is -2.29. The van der Waals surface area contributed by atoms with Crippen molar-refractivity contribution in [2.45, 2.75) is 51.7 Å². The van der Waals surface area contributed by atoms with E-state index in [4.69, 9.17) is 17.0 Å². The normalized spacial score (nSPS) is 19.7. The van der Waals surface area contributed by atoms with Crippen LogP contribution in [0.15, 0.2) is 48.7 Å². The van der Waals surface area contributed by atoms with Crippen molar-refractivity contribution in [3.63, 3.8) is 0 Å². The van der Waals surface area contributed by atoms with Crippen LogP contribution in [-0.4, -0.2) is 34.3 Å². The molecule has 2 fully saturated rings. The van der Waals surface area contributed by atoms with Crippen molar-refractivity contribution in [1.29, 1.82) is 0 Å². The Labute approximate surface area is 211 Å². The van der Waals surface area contributed by atoms with Crippen LogP contribution < -0.4 is 15.5 Å². The van der Waals surface area contributed by atoms with E-state index in [2.05, 4.69) is 57.1 Å². The van der Waals surface area contributed by atoms with Gasteiger partial charge in [0.1, 0.15) is 6.61 Å². The van der Waals surface area contributed by atoms with Gasteiger partial charge in [0.15, 0.2) is 5.11 Å². The lowest BCUT2D eigenvalue weighted by atomic mass is 9.96. The molecule has 1 amide bonds. The number of nitrogens with one attached hydrogen (secondary N) is 2. The number of hydrogen-bond acceptors (Lipinski definition) is 4. The van der Waals surface area contributed by atoms with E-state index in [0.29, 0.717) is 11.2 Å². The number of anilines is 2. The third kappa shape index (κ3) is 4.44. The predicted octanol–water partition coefficient (Wildman–Crippen LogP) is 4.91. The number of carbonyl (C=O) groups excluding carboxylic acids is 1. The largest absolute Gasteiger partial charge is 0.375 e. The van der Waals surface area contributed by atoms with E-state index in [0.717, 1.165) is 22.6 Å². The van der Waals surface area contributed by atoms with Crippen molar-refractivity contribution >= 4 is 34.6 Å². The highest BCUT2D eigenvalue weighted by Gasteiger charge is 2.43. The van der Waals surface area contributed by atoms with E-state index in [1.165, 1.54) is 36.9 Å². The Hall–Kier alpha value is -3.23. The number of benzene rings is 1. The third-order valence-electron chi connectivity index (χ3n) is 6.89. The van der Waals surface area contributed by atoms with Gasteiger partial charge in [-0.2, -0.15) is 0 Å². The molecule has 35 heavy (non-hydrogen) atoms. The fourth-order valence-corrected chi connectivity index (χ4v) is 5.55. The van der Waals surface area contributed by atoms with E-state index in [-0.39, 0.29) is 24.6 Å². The number of aryl methyl sites for hydroxylation is 2.